The van der Waals surface area contributed by atoms with E-state index >= 15 is 0 Å². The summed E-state index contributed by atoms with van der Waals surface area (Å²) in [4.78, 5) is 37.9. The number of hydrogen-bond donors (Lipinski definition) is 2. The third-order valence-corrected chi connectivity index (χ3v) is 7.31. The number of nitrogens with zero attached hydrogens (tertiary/aromatic N) is 1. The SMILES string of the molecule is CC(=O)O[C@H]1/C=C\[C@H](C)[C@@H](/C(C)=C/C=C/[C@@H](C)COC(=O)N2CCSC2)OC(=O)C[C@H](O)CC[C@@]1(C)O. The van der Waals surface area contributed by atoms with E-state index in [-0.39, 0.29) is 43.8 Å². The third kappa shape index (κ3) is 10.5. The van der Waals surface area contributed by atoms with E-state index in [1.807, 2.05) is 39.0 Å². The van der Waals surface area contributed by atoms with Crippen molar-refractivity contribution >= 4 is 29.8 Å². The summed E-state index contributed by atoms with van der Waals surface area (Å²) < 4.78 is 16.5. The Hall–Kier alpha value is -2.30. The van der Waals surface area contributed by atoms with Crippen LogP contribution in [0.3, 0.4) is 0 Å². The fourth-order valence-electron chi connectivity index (χ4n) is 4.03. The molecule has 1 amide bonds. The summed E-state index contributed by atoms with van der Waals surface area (Å²) in [7, 11) is 0. The molecule has 0 aromatic rings. The Morgan fingerprint density at radius 3 is 2.73 bits per heavy atom. The smallest absolute Gasteiger partial charge is 0.410 e. The molecule has 2 N–H and O–H groups in total. The number of aliphatic hydroxyl groups excluding tert-OH is 1. The lowest BCUT2D eigenvalue weighted by molar-refractivity contribution is -0.157. The zero-order valence-corrected chi connectivity index (χ0v) is 23.2. The minimum Gasteiger partial charge on any atom is -0.457 e. The fourth-order valence-corrected chi connectivity index (χ4v) is 4.96. The molecule has 6 atom stereocenters. The first-order valence-corrected chi connectivity index (χ1v) is 13.8. The summed E-state index contributed by atoms with van der Waals surface area (Å²) in [5.41, 5.74) is -0.648. The zero-order valence-electron chi connectivity index (χ0n) is 22.4. The van der Waals surface area contributed by atoms with Crippen LogP contribution in [0.4, 0.5) is 4.79 Å². The Morgan fingerprint density at radius 1 is 1.35 bits per heavy atom. The van der Waals surface area contributed by atoms with Crippen molar-refractivity contribution in [1.29, 1.82) is 0 Å². The predicted molar refractivity (Wildman–Crippen MR) is 142 cm³/mol. The van der Waals surface area contributed by atoms with Crippen LogP contribution < -0.4 is 0 Å². The summed E-state index contributed by atoms with van der Waals surface area (Å²) in [6.45, 7) is 9.42. The molecule has 0 unspecified atom stereocenters. The van der Waals surface area contributed by atoms with Gasteiger partial charge in [-0.3, -0.25) is 14.5 Å². The maximum absolute atomic E-state index is 12.5. The molecular weight excluding hydrogens is 498 g/mol. The van der Waals surface area contributed by atoms with Crippen molar-refractivity contribution < 1.29 is 38.8 Å². The minimum absolute atomic E-state index is 0.0127. The number of amides is 1. The quantitative estimate of drug-likeness (QED) is 0.226. The molecule has 0 radical (unpaired) electrons. The lowest BCUT2D eigenvalue weighted by atomic mass is 9.88. The van der Waals surface area contributed by atoms with Gasteiger partial charge in [-0.05, 0) is 38.3 Å². The number of ether oxygens (including phenoxy) is 3. The Bertz CT molecular complexity index is 878. The second-order valence-corrected chi connectivity index (χ2v) is 11.2. The second kappa shape index (κ2) is 14.6. The van der Waals surface area contributed by atoms with E-state index in [4.69, 9.17) is 14.2 Å². The Labute approximate surface area is 223 Å². The van der Waals surface area contributed by atoms with Crippen LogP contribution in [0.5, 0.6) is 0 Å². The standard InChI is InChI=1S/C27H41NO8S/c1-18(16-34-26(32)28-13-14-37-17-28)7-6-8-19(2)25-20(3)9-10-23(35-21(4)29)27(5,33)12-11-22(30)15-24(31)36-25/h6-10,18,20,22-23,25,30,33H,11-17H2,1-5H3/b7-6+,10-9-,19-8+/t18-,20+,22-,23+,25-,27-/m1/s1. The predicted octanol–water partition coefficient (Wildman–Crippen LogP) is 3.60. The number of aliphatic hydroxyl groups is 2. The van der Waals surface area contributed by atoms with Crippen LogP contribution in [0, 0.1) is 11.8 Å². The van der Waals surface area contributed by atoms with E-state index < -0.39 is 35.9 Å². The van der Waals surface area contributed by atoms with Gasteiger partial charge in [-0.1, -0.05) is 38.2 Å². The molecule has 2 aliphatic heterocycles. The largest absolute Gasteiger partial charge is 0.457 e. The minimum atomic E-state index is -1.41. The van der Waals surface area contributed by atoms with Crippen molar-refractivity contribution in [2.75, 3.05) is 24.8 Å². The number of rotatable bonds is 6. The molecule has 208 valence electrons. The molecule has 37 heavy (non-hydrogen) atoms. The molecule has 0 saturated carbocycles. The van der Waals surface area contributed by atoms with Crippen molar-refractivity contribution in [3.8, 4) is 0 Å². The van der Waals surface area contributed by atoms with Gasteiger partial charge in [0, 0.05) is 31.1 Å². The van der Waals surface area contributed by atoms with Gasteiger partial charge in [0.25, 0.3) is 0 Å². The van der Waals surface area contributed by atoms with Crippen LogP contribution in [0.25, 0.3) is 0 Å². The van der Waals surface area contributed by atoms with Crippen LogP contribution in [0.15, 0.2) is 36.0 Å². The van der Waals surface area contributed by atoms with E-state index in [1.165, 1.54) is 6.92 Å². The summed E-state index contributed by atoms with van der Waals surface area (Å²) in [5, 5.41) is 21.2. The molecule has 0 aromatic carbocycles. The molecule has 0 aromatic heterocycles. The Morgan fingerprint density at radius 2 is 2.08 bits per heavy atom. The maximum atomic E-state index is 12.5. The van der Waals surface area contributed by atoms with Gasteiger partial charge in [0.2, 0.25) is 0 Å². The third-order valence-electron chi connectivity index (χ3n) is 6.35. The van der Waals surface area contributed by atoms with E-state index in [9.17, 15) is 24.6 Å². The van der Waals surface area contributed by atoms with Crippen LogP contribution in [-0.2, 0) is 23.8 Å². The maximum Gasteiger partial charge on any atom is 0.410 e. The number of esters is 2. The number of allylic oxidation sites excluding steroid dienone is 2. The molecule has 2 rings (SSSR count). The monoisotopic (exact) mass is 539 g/mol. The molecular formula is C27H41NO8S. The molecule has 0 bridgehead atoms. The van der Waals surface area contributed by atoms with Crippen molar-refractivity contribution in [3.63, 3.8) is 0 Å². The van der Waals surface area contributed by atoms with Crippen molar-refractivity contribution in [2.24, 2.45) is 11.8 Å². The summed E-state index contributed by atoms with van der Waals surface area (Å²) in [5.74, 6) is 0.201. The lowest BCUT2D eigenvalue weighted by Crippen LogP contribution is -2.42. The van der Waals surface area contributed by atoms with Gasteiger partial charge in [0.15, 0.2) is 0 Å². The summed E-state index contributed by atoms with van der Waals surface area (Å²) >= 11 is 1.70. The summed E-state index contributed by atoms with van der Waals surface area (Å²) in [6.07, 6.45) is 6.17. The average molecular weight is 540 g/mol. The number of carbonyl (C=O) groups excluding carboxylic acids is 3. The van der Waals surface area contributed by atoms with Crippen LogP contribution in [0.1, 0.15) is 53.9 Å². The second-order valence-electron chi connectivity index (χ2n) is 10.1. The highest BCUT2D eigenvalue weighted by Crippen LogP contribution is 2.27. The lowest BCUT2D eigenvalue weighted by Gasteiger charge is -2.32. The number of carbonyl (C=O) groups is 3. The molecule has 0 aliphatic carbocycles. The van der Waals surface area contributed by atoms with E-state index in [1.54, 1.807) is 35.7 Å². The van der Waals surface area contributed by atoms with Crippen molar-refractivity contribution in [1.82, 2.24) is 4.90 Å². The molecule has 1 fully saturated rings. The normalized spacial score (nSPS) is 31.7. The number of hydrogen-bond acceptors (Lipinski definition) is 9. The molecule has 10 heteroatoms. The number of thioether (sulfide) groups is 1. The zero-order chi connectivity index (χ0) is 27.6. The molecule has 0 spiro atoms. The van der Waals surface area contributed by atoms with E-state index in [2.05, 4.69) is 0 Å². The van der Waals surface area contributed by atoms with E-state index in [0.717, 1.165) is 11.3 Å². The first-order valence-electron chi connectivity index (χ1n) is 12.7. The van der Waals surface area contributed by atoms with Crippen LogP contribution in [0.2, 0.25) is 0 Å². The van der Waals surface area contributed by atoms with Crippen molar-refractivity contribution in [3.05, 3.63) is 36.0 Å². The van der Waals surface area contributed by atoms with Gasteiger partial charge in [0.1, 0.15) is 17.8 Å². The first kappa shape index (κ1) is 30.9. The van der Waals surface area contributed by atoms with Gasteiger partial charge >= 0.3 is 18.0 Å². The topological polar surface area (TPSA) is 123 Å². The first-order chi connectivity index (χ1) is 17.4. The Kier molecular flexibility index (Phi) is 12.2. The fraction of sp³-hybridized carbons (Fsp3) is 0.667. The molecule has 2 heterocycles. The average Bonchev–Trinajstić information content (AvgIpc) is 3.36. The highest BCUT2D eigenvalue weighted by atomic mass is 32.2. The molecule has 9 nitrogen and oxygen atoms in total. The van der Waals surface area contributed by atoms with Gasteiger partial charge in [0.05, 0.1) is 25.0 Å². The molecule has 1 saturated heterocycles. The van der Waals surface area contributed by atoms with Gasteiger partial charge in [-0.2, -0.15) is 0 Å². The van der Waals surface area contributed by atoms with Crippen LogP contribution >= 0.6 is 11.8 Å². The number of cyclic esters (lactones) is 1. The summed E-state index contributed by atoms with van der Waals surface area (Å²) in [6, 6.07) is 0. The van der Waals surface area contributed by atoms with Gasteiger partial charge < -0.3 is 24.4 Å². The molecule has 2 aliphatic rings. The van der Waals surface area contributed by atoms with Crippen LogP contribution in [-0.4, -0.2) is 81.8 Å². The van der Waals surface area contributed by atoms with Crippen molar-refractivity contribution in [2.45, 2.75) is 77.8 Å². The van der Waals surface area contributed by atoms with E-state index in [0.29, 0.717) is 12.4 Å². The Balaban J connectivity index is 2.12. The van der Waals surface area contributed by atoms with Gasteiger partial charge in [-0.25, -0.2) is 4.79 Å². The highest BCUT2D eigenvalue weighted by Gasteiger charge is 2.35. The van der Waals surface area contributed by atoms with Gasteiger partial charge in [-0.15, -0.1) is 11.8 Å². The highest BCUT2D eigenvalue weighted by molar-refractivity contribution is 7.99.